The second-order valence-corrected chi connectivity index (χ2v) is 17.0. The van der Waals surface area contributed by atoms with Gasteiger partial charge in [-0.15, -0.1) is 0 Å². The van der Waals surface area contributed by atoms with Crippen molar-refractivity contribution in [1.82, 2.24) is 14.5 Å². The number of fused-ring (bicyclic) bond motifs is 3. The summed E-state index contributed by atoms with van der Waals surface area (Å²) >= 11 is 0. The Kier molecular flexibility index (Phi) is 10.4. The van der Waals surface area contributed by atoms with Crippen LogP contribution in [-0.4, -0.2) is 14.5 Å². The summed E-state index contributed by atoms with van der Waals surface area (Å²) in [4.78, 5) is 14.4. The molecular formula is C62H41N5. The van der Waals surface area contributed by atoms with Gasteiger partial charge >= 0.3 is 0 Å². The number of rotatable bonds is 8. The summed E-state index contributed by atoms with van der Waals surface area (Å²) in [6.07, 6.45) is 0. The van der Waals surface area contributed by atoms with E-state index in [0.29, 0.717) is 17.1 Å². The Morgan fingerprint density at radius 3 is 1.31 bits per heavy atom. The second-order valence-electron chi connectivity index (χ2n) is 17.0. The predicted molar refractivity (Wildman–Crippen MR) is 275 cm³/mol. The average molecular weight is 856 g/mol. The van der Waals surface area contributed by atoms with Crippen molar-refractivity contribution in [1.29, 1.82) is 5.26 Å². The molecule has 67 heavy (non-hydrogen) atoms. The second kappa shape index (κ2) is 17.1. The zero-order chi connectivity index (χ0) is 45.4. The molecule has 0 aliphatic carbocycles. The summed E-state index contributed by atoms with van der Waals surface area (Å²) in [5, 5.41) is 12.2. The maximum Gasteiger partial charge on any atom is 0.187 e. The van der Waals surface area contributed by atoms with Crippen LogP contribution in [0.15, 0.2) is 212 Å². The van der Waals surface area contributed by atoms with Crippen molar-refractivity contribution in [3.05, 3.63) is 240 Å². The molecule has 9 aromatic carbocycles. The van der Waals surface area contributed by atoms with Crippen LogP contribution in [0.1, 0.15) is 16.7 Å². The predicted octanol–water partition coefficient (Wildman–Crippen LogP) is 16.3. The van der Waals surface area contributed by atoms with E-state index < -0.39 is 0 Å². The van der Waals surface area contributed by atoms with Crippen LogP contribution in [0.25, 0.3) is 111 Å². The molecule has 5 nitrogen and oxygen atoms in total. The highest BCUT2D eigenvalue weighted by Crippen LogP contribution is 2.45. The SMILES string of the molecule is [C-]#[N+]c1ccc(-c2cc(-c3nc(-c4ccccc4)cc(-c4ccccc4)n3)cc(-c3ccc(C#N)cc3)c2-n2c3ccc(-c4ccc(C)cc4)cc3c3cc(-c4ccc(C)cc4)ccc32)cc1. The fourth-order valence-electron chi connectivity index (χ4n) is 9.09. The van der Waals surface area contributed by atoms with Crippen molar-refractivity contribution in [2.45, 2.75) is 13.8 Å². The zero-order valence-electron chi connectivity index (χ0n) is 36.9. The van der Waals surface area contributed by atoms with Crippen molar-refractivity contribution in [3.8, 4) is 90.2 Å². The monoisotopic (exact) mass is 855 g/mol. The van der Waals surface area contributed by atoms with Gasteiger partial charge in [0.15, 0.2) is 11.5 Å². The van der Waals surface area contributed by atoms with Gasteiger partial charge in [-0.1, -0.05) is 169 Å². The highest BCUT2D eigenvalue weighted by atomic mass is 15.0. The lowest BCUT2D eigenvalue weighted by molar-refractivity contribution is 1.17. The molecule has 0 atom stereocenters. The lowest BCUT2D eigenvalue weighted by atomic mass is 9.92. The van der Waals surface area contributed by atoms with Gasteiger partial charge in [0.25, 0.3) is 0 Å². The van der Waals surface area contributed by atoms with E-state index in [-0.39, 0.29) is 0 Å². The molecule has 0 fully saturated rings. The van der Waals surface area contributed by atoms with Gasteiger partial charge in [-0.05, 0) is 102 Å². The van der Waals surface area contributed by atoms with Gasteiger partial charge in [0.05, 0.1) is 46.3 Å². The third kappa shape index (κ3) is 7.72. The molecule has 0 saturated heterocycles. The number of nitrogens with zero attached hydrogens (tertiary/aromatic N) is 5. The topological polar surface area (TPSA) is 58.9 Å². The Bertz CT molecular complexity index is 3490. The smallest absolute Gasteiger partial charge is 0.187 e. The average Bonchev–Trinajstić information content (AvgIpc) is 3.71. The van der Waals surface area contributed by atoms with E-state index in [4.69, 9.17) is 16.5 Å². The van der Waals surface area contributed by atoms with E-state index in [9.17, 15) is 5.26 Å². The number of aryl methyl sites for hydroxylation is 2. The van der Waals surface area contributed by atoms with Crippen molar-refractivity contribution < 1.29 is 0 Å². The number of aromatic nitrogens is 3. The molecule has 314 valence electrons. The Hall–Kier alpha value is -9.16. The van der Waals surface area contributed by atoms with Crippen LogP contribution in [-0.2, 0) is 0 Å². The molecule has 0 amide bonds. The molecular weight excluding hydrogens is 815 g/mol. The third-order valence-electron chi connectivity index (χ3n) is 12.6. The molecule has 5 heteroatoms. The lowest BCUT2D eigenvalue weighted by Crippen LogP contribution is -2.03. The minimum atomic E-state index is 0.560. The lowest BCUT2D eigenvalue weighted by Gasteiger charge is -2.21. The molecule has 2 heterocycles. The molecule has 0 N–H and O–H groups in total. The van der Waals surface area contributed by atoms with Gasteiger partial charge in [0, 0.05) is 38.6 Å². The zero-order valence-corrected chi connectivity index (χ0v) is 36.9. The molecule has 11 aromatic rings. The summed E-state index contributed by atoms with van der Waals surface area (Å²) in [6, 6.07) is 75.9. The van der Waals surface area contributed by atoms with Crippen molar-refractivity contribution in [2.75, 3.05) is 0 Å². The van der Waals surface area contributed by atoms with Crippen LogP contribution in [0.4, 0.5) is 5.69 Å². The molecule has 11 rings (SSSR count). The van der Waals surface area contributed by atoms with Gasteiger partial charge < -0.3 is 4.57 Å². The van der Waals surface area contributed by atoms with E-state index in [1.807, 2.05) is 84.9 Å². The highest BCUT2D eigenvalue weighted by molar-refractivity contribution is 6.13. The van der Waals surface area contributed by atoms with Crippen LogP contribution < -0.4 is 0 Å². The Morgan fingerprint density at radius 2 is 0.866 bits per heavy atom. The van der Waals surface area contributed by atoms with E-state index >= 15 is 0 Å². The van der Waals surface area contributed by atoms with Gasteiger partial charge in [-0.2, -0.15) is 5.26 Å². The van der Waals surface area contributed by atoms with E-state index in [2.05, 4.69) is 157 Å². The summed E-state index contributed by atoms with van der Waals surface area (Å²) in [5.74, 6) is 0.577. The highest BCUT2D eigenvalue weighted by Gasteiger charge is 2.24. The fourth-order valence-corrected chi connectivity index (χ4v) is 9.09. The fraction of sp³-hybridized carbons (Fsp3) is 0.0323. The van der Waals surface area contributed by atoms with E-state index in [0.717, 1.165) is 100 Å². The van der Waals surface area contributed by atoms with Crippen LogP contribution in [0.5, 0.6) is 0 Å². The standard InChI is InChI=1S/C62H41N5/c1-40-14-20-43(21-15-40)49-28-32-59-55(34-49)56-35-50(44-22-16-41(2)17-23-44)29-33-60(56)67(59)61-53(45-24-18-42(39-63)19-25-45)36-51(37-54(61)46-26-30-52(64-3)31-27-46)62-65-57(47-10-6-4-7-11-47)38-58(66-62)48-12-8-5-9-13-48/h4-38H,1-2H3. The number of nitriles is 1. The summed E-state index contributed by atoms with van der Waals surface area (Å²) < 4.78 is 2.40. The molecule has 0 spiro atoms. The first kappa shape index (κ1) is 40.6. The van der Waals surface area contributed by atoms with Crippen molar-refractivity contribution in [2.24, 2.45) is 0 Å². The number of hydrogen-bond acceptors (Lipinski definition) is 3. The summed E-state index contributed by atoms with van der Waals surface area (Å²) in [6.45, 7) is 12.1. The molecule has 2 aromatic heterocycles. The van der Waals surface area contributed by atoms with Crippen molar-refractivity contribution in [3.63, 3.8) is 0 Å². The molecule has 0 unspecified atom stereocenters. The van der Waals surface area contributed by atoms with Crippen LogP contribution in [0.3, 0.4) is 0 Å². The normalized spacial score (nSPS) is 11.1. The molecule has 0 saturated carbocycles. The van der Waals surface area contributed by atoms with Gasteiger partial charge in [-0.3, -0.25) is 0 Å². The Balaban J connectivity index is 1.25. The largest absolute Gasteiger partial charge is 0.308 e. The summed E-state index contributed by atoms with van der Waals surface area (Å²) in [5.41, 5.74) is 19.3. The minimum Gasteiger partial charge on any atom is -0.308 e. The number of benzene rings is 9. The Morgan fingerprint density at radius 1 is 0.433 bits per heavy atom. The maximum atomic E-state index is 9.95. The van der Waals surface area contributed by atoms with Crippen LogP contribution in [0, 0.1) is 31.8 Å². The Labute approximate surface area is 390 Å². The van der Waals surface area contributed by atoms with E-state index in [1.165, 1.54) is 11.1 Å². The maximum absolute atomic E-state index is 9.95. The first-order valence-electron chi connectivity index (χ1n) is 22.3. The first-order valence-corrected chi connectivity index (χ1v) is 22.3. The third-order valence-corrected chi connectivity index (χ3v) is 12.6. The number of hydrogen-bond donors (Lipinski definition) is 0. The molecule has 0 aliphatic rings. The minimum absolute atomic E-state index is 0.560. The van der Waals surface area contributed by atoms with Crippen LogP contribution >= 0.6 is 0 Å². The van der Waals surface area contributed by atoms with Gasteiger partial charge in [0.2, 0.25) is 0 Å². The summed E-state index contributed by atoms with van der Waals surface area (Å²) in [7, 11) is 0. The van der Waals surface area contributed by atoms with E-state index in [1.54, 1.807) is 0 Å². The van der Waals surface area contributed by atoms with Gasteiger partial charge in [0.1, 0.15) is 0 Å². The van der Waals surface area contributed by atoms with Gasteiger partial charge in [-0.25, -0.2) is 14.8 Å². The van der Waals surface area contributed by atoms with Crippen molar-refractivity contribution >= 4 is 27.5 Å². The first-order chi connectivity index (χ1) is 32.9. The molecule has 0 bridgehead atoms. The quantitative estimate of drug-likeness (QED) is 0.143. The molecule has 0 radical (unpaired) electrons. The van der Waals surface area contributed by atoms with Crippen LogP contribution in [0.2, 0.25) is 0 Å². The molecule has 0 aliphatic heterocycles.